The van der Waals surface area contributed by atoms with E-state index in [-0.39, 0.29) is 11.8 Å². The molecule has 0 heterocycles. The van der Waals surface area contributed by atoms with Crippen molar-refractivity contribution < 1.29 is 4.79 Å². The summed E-state index contributed by atoms with van der Waals surface area (Å²) in [6, 6.07) is 0.424. The summed E-state index contributed by atoms with van der Waals surface area (Å²) in [7, 11) is 0. The molecule has 0 aromatic rings. The zero-order valence-electron chi connectivity index (χ0n) is 11.5. The van der Waals surface area contributed by atoms with Crippen LogP contribution >= 0.6 is 0 Å². The van der Waals surface area contributed by atoms with Gasteiger partial charge in [-0.05, 0) is 26.4 Å². The molecule has 0 aromatic carbocycles. The average molecular weight is 228 g/mol. The fourth-order valence-electron chi connectivity index (χ4n) is 1.96. The largest absolute Gasteiger partial charge is 0.354 e. The normalized spacial score (nSPS) is 14.9. The van der Waals surface area contributed by atoms with Crippen molar-refractivity contribution in [3.05, 3.63) is 0 Å². The topological polar surface area (TPSA) is 32.3 Å². The van der Waals surface area contributed by atoms with Gasteiger partial charge < -0.3 is 5.32 Å². The van der Waals surface area contributed by atoms with Crippen molar-refractivity contribution in [2.45, 2.75) is 53.5 Å². The molecule has 0 radical (unpaired) electrons. The minimum Gasteiger partial charge on any atom is -0.354 e. The standard InChI is InChI=1S/C13H28N2O/c1-6-9-11(4)13(16)14-10-12(5)15(7-2)8-3/h11-12H,6-10H2,1-5H3,(H,14,16). The van der Waals surface area contributed by atoms with Gasteiger partial charge in [-0.1, -0.05) is 34.1 Å². The zero-order valence-corrected chi connectivity index (χ0v) is 11.5. The number of hydrogen-bond acceptors (Lipinski definition) is 2. The van der Waals surface area contributed by atoms with Crippen molar-refractivity contribution in [2.75, 3.05) is 19.6 Å². The molecule has 0 aliphatic heterocycles. The van der Waals surface area contributed by atoms with Gasteiger partial charge in [0.15, 0.2) is 0 Å². The van der Waals surface area contributed by atoms with Crippen molar-refractivity contribution in [1.29, 1.82) is 0 Å². The van der Waals surface area contributed by atoms with E-state index >= 15 is 0 Å². The van der Waals surface area contributed by atoms with Crippen molar-refractivity contribution in [3.8, 4) is 0 Å². The van der Waals surface area contributed by atoms with Crippen LogP contribution in [-0.4, -0.2) is 36.5 Å². The van der Waals surface area contributed by atoms with E-state index in [1.807, 2.05) is 6.92 Å². The molecular weight excluding hydrogens is 200 g/mol. The zero-order chi connectivity index (χ0) is 12.6. The lowest BCUT2D eigenvalue weighted by atomic mass is 10.1. The molecule has 1 N–H and O–H groups in total. The van der Waals surface area contributed by atoms with Crippen LogP contribution < -0.4 is 5.32 Å². The van der Waals surface area contributed by atoms with Crippen LogP contribution in [0.2, 0.25) is 0 Å². The van der Waals surface area contributed by atoms with Gasteiger partial charge in [-0.3, -0.25) is 9.69 Å². The second kappa shape index (κ2) is 8.57. The molecule has 0 aromatic heterocycles. The third-order valence-electron chi connectivity index (χ3n) is 3.18. The van der Waals surface area contributed by atoms with E-state index in [1.54, 1.807) is 0 Å². The highest BCUT2D eigenvalue weighted by molar-refractivity contribution is 5.78. The summed E-state index contributed by atoms with van der Waals surface area (Å²) >= 11 is 0. The van der Waals surface area contributed by atoms with Gasteiger partial charge in [-0.15, -0.1) is 0 Å². The molecule has 0 rings (SSSR count). The van der Waals surface area contributed by atoms with Gasteiger partial charge >= 0.3 is 0 Å². The predicted molar refractivity (Wildman–Crippen MR) is 69.5 cm³/mol. The van der Waals surface area contributed by atoms with E-state index < -0.39 is 0 Å². The molecule has 2 unspecified atom stereocenters. The van der Waals surface area contributed by atoms with Crippen molar-refractivity contribution >= 4 is 5.91 Å². The summed E-state index contributed by atoms with van der Waals surface area (Å²) in [5, 5.41) is 3.04. The van der Waals surface area contributed by atoms with Crippen LogP contribution in [0.1, 0.15) is 47.5 Å². The number of rotatable bonds is 8. The Hall–Kier alpha value is -0.570. The average Bonchev–Trinajstić information content (AvgIpc) is 2.27. The summed E-state index contributed by atoms with van der Waals surface area (Å²) in [4.78, 5) is 14.1. The fourth-order valence-corrected chi connectivity index (χ4v) is 1.96. The van der Waals surface area contributed by atoms with Crippen LogP contribution in [0.3, 0.4) is 0 Å². The molecule has 1 amide bonds. The lowest BCUT2D eigenvalue weighted by Gasteiger charge is -2.26. The Labute approximate surface area is 101 Å². The maximum absolute atomic E-state index is 11.7. The Bertz CT molecular complexity index is 190. The molecule has 0 aliphatic carbocycles. The first-order valence-corrected chi connectivity index (χ1v) is 6.58. The van der Waals surface area contributed by atoms with E-state index in [9.17, 15) is 4.79 Å². The van der Waals surface area contributed by atoms with E-state index in [2.05, 4.69) is 37.9 Å². The van der Waals surface area contributed by atoms with Gasteiger partial charge in [0.2, 0.25) is 5.91 Å². The molecule has 0 aliphatic rings. The van der Waals surface area contributed by atoms with Crippen molar-refractivity contribution in [2.24, 2.45) is 5.92 Å². The minimum absolute atomic E-state index is 0.147. The smallest absolute Gasteiger partial charge is 0.222 e. The highest BCUT2D eigenvalue weighted by Gasteiger charge is 2.14. The third kappa shape index (κ3) is 5.50. The van der Waals surface area contributed by atoms with Gasteiger partial charge in [0.05, 0.1) is 0 Å². The number of carbonyl (C=O) groups excluding carboxylic acids is 1. The van der Waals surface area contributed by atoms with Crippen LogP contribution in [0.15, 0.2) is 0 Å². The molecule has 0 bridgehead atoms. The molecule has 16 heavy (non-hydrogen) atoms. The van der Waals surface area contributed by atoms with Crippen molar-refractivity contribution in [3.63, 3.8) is 0 Å². The van der Waals surface area contributed by atoms with Crippen LogP contribution in [0.5, 0.6) is 0 Å². The van der Waals surface area contributed by atoms with E-state index in [4.69, 9.17) is 0 Å². The van der Waals surface area contributed by atoms with Crippen LogP contribution in [0, 0.1) is 5.92 Å². The summed E-state index contributed by atoms with van der Waals surface area (Å²) in [5.41, 5.74) is 0. The minimum atomic E-state index is 0.147. The van der Waals surface area contributed by atoms with Gasteiger partial charge in [-0.2, -0.15) is 0 Å². The second-order valence-electron chi connectivity index (χ2n) is 4.51. The predicted octanol–water partition coefficient (Wildman–Crippen LogP) is 2.27. The SMILES string of the molecule is CCCC(C)C(=O)NCC(C)N(CC)CC. The monoisotopic (exact) mass is 228 g/mol. The molecule has 96 valence electrons. The van der Waals surface area contributed by atoms with E-state index in [0.717, 1.165) is 32.5 Å². The second-order valence-corrected chi connectivity index (χ2v) is 4.51. The Kier molecular flexibility index (Phi) is 8.26. The van der Waals surface area contributed by atoms with E-state index in [1.165, 1.54) is 0 Å². The number of amides is 1. The molecule has 3 heteroatoms. The van der Waals surface area contributed by atoms with Crippen LogP contribution in [-0.2, 0) is 4.79 Å². The first-order valence-electron chi connectivity index (χ1n) is 6.58. The van der Waals surface area contributed by atoms with Crippen molar-refractivity contribution in [1.82, 2.24) is 10.2 Å². The summed E-state index contributed by atoms with van der Waals surface area (Å²) in [5.74, 6) is 0.342. The number of hydrogen-bond donors (Lipinski definition) is 1. The highest BCUT2D eigenvalue weighted by atomic mass is 16.1. The fraction of sp³-hybridized carbons (Fsp3) is 0.923. The van der Waals surface area contributed by atoms with Gasteiger partial charge in [-0.25, -0.2) is 0 Å². The highest BCUT2D eigenvalue weighted by Crippen LogP contribution is 2.05. The lowest BCUT2D eigenvalue weighted by Crippen LogP contribution is -2.43. The summed E-state index contributed by atoms with van der Waals surface area (Å²) in [6.07, 6.45) is 2.05. The molecule has 3 nitrogen and oxygen atoms in total. The Morgan fingerprint density at radius 1 is 1.19 bits per heavy atom. The maximum atomic E-state index is 11.7. The maximum Gasteiger partial charge on any atom is 0.222 e. The Morgan fingerprint density at radius 3 is 2.19 bits per heavy atom. The number of nitrogens with zero attached hydrogens (tertiary/aromatic N) is 1. The van der Waals surface area contributed by atoms with Crippen LogP contribution in [0.25, 0.3) is 0 Å². The molecular formula is C13H28N2O. The number of nitrogens with one attached hydrogen (secondary N) is 1. The third-order valence-corrected chi connectivity index (χ3v) is 3.18. The molecule has 0 fully saturated rings. The first-order chi connectivity index (χ1) is 7.56. The molecule has 0 saturated heterocycles. The lowest BCUT2D eigenvalue weighted by molar-refractivity contribution is -0.124. The van der Waals surface area contributed by atoms with Crippen LogP contribution in [0.4, 0.5) is 0 Å². The molecule has 2 atom stereocenters. The Balaban J connectivity index is 3.90. The Morgan fingerprint density at radius 2 is 1.75 bits per heavy atom. The first kappa shape index (κ1) is 15.4. The number of likely N-dealkylation sites (N-methyl/N-ethyl adjacent to an activating group) is 1. The summed E-state index contributed by atoms with van der Waals surface area (Å²) in [6.45, 7) is 13.4. The number of carbonyl (C=O) groups is 1. The van der Waals surface area contributed by atoms with Gasteiger partial charge in [0.1, 0.15) is 0 Å². The quantitative estimate of drug-likeness (QED) is 0.691. The molecule has 0 spiro atoms. The van der Waals surface area contributed by atoms with E-state index in [0.29, 0.717) is 6.04 Å². The van der Waals surface area contributed by atoms with Gasteiger partial charge in [0, 0.05) is 18.5 Å². The van der Waals surface area contributed by atoms with Gasteiger partial charge in [0.25, 0.3) is 0 Å². The molecule has 0 saturated carbocycles. The summed E-state index contributed by atoms with van der Waals surface area (Å²) < 4.78 is 0.